The van der Waals surface area contributed by atoms with Crippen LogP contribution in [0.3, 0.4) is 0 Å². The van der Waals surface area contributed by atoms with E-state index in [9.17, 15) is 17.6 Å². The van der Waals surface area contributed by atoms with Gasteiger partial charge < -0.3 is 9.47 Å². The lowest BCUT2D eigenvalue weighted by Crippen LogP contribution is -2.17. The van der Waals surface area contributed by atoms with Crippen molar-refractivity contribution in [1.82, 2.24) is 0 Å². The molecule has 1 aliphatic rings. The van der Waals surface area contributed by atoms with Crippen molar-refractivity contribution in [1.29, 1.82) is 0 Å². The highest BCUT2D eigenvalue weighted by Gasteiger charge is 2.34. The second-order valence-electron chi connectivity index (χ2n) is 6.66. The predicted molar refractivity (Wildman–Crippen MR) is 99.2 cm³/mol. The number of carbonyl (C=O) groups is 1. The number of hydrogen-bond acceptors (Lipinski definition) is 5. The Bertz CT molecular complexity index is 1070. The third-order valence-electron chi connectivity index (χ3n) is 3.86. The second kappa shape index (κ2) is 6.65. The van der Waals surface area contributed by atoms with Gasteiger partial charge in [-0.2, -0.15) is 0 Å². The molecule has 0 bridgehead atoms. The van der Waals surface area contributed by atoms with Crippen LogP contribution in [-0.2, 0) is 19.4 Å². The molecule has 27 heavy (non-hydrogen) atoms. The first-order valence-electron chi connectivity index (χ1n) is 7.90. The van der Waals surface area contributed by atoms with Crippen LogP contribution in [-0.4, -0.2) is 26.2 Å². The summed E-state index contributed by atoms with van der Waals surface area (Å²) < 4.78 is 48.2. The summed E-state index contributed by atoms with van der Waals surface area (Å²) in [6.07, 6.45) is 2.70. The van der Waals surface area contributed by atoms with E-state index in [1.54, 1.807) is 19.9 Å². The highest BCUT2D eigenvalue weighted by Crippen LogP contribution is 2.38. The van der Waals surface area contributed by atoms with Crippen molar-refractivity contribution in [2.75, 3.05) is 6.26 Å². The molecule has 3 rings (SSSR count). The van der Waals surface area contributed by atoms with Crippen LogP contribution >= 0.6 is 11.6 Å². The molecule has 0 saturated carbocycles. The van der Waals surface area contributed by atoms with E-state index in [2.05, 4.69) is 0 Å². The molecule has 0 aliphatic carbocycles. The molecule has 0 amide bonds. The first kappa shape index (κ1) is 19.4. The summed E-state index contributed by atoms with van der Waals surface area (Å²) in [5.41, 5.74) is -0.181. The number of rotatable bonds is 4. The van der Waals surface area contributed by atoms with Crippen LogP contribution in [0.25, 0.3) is 5.57 Å². The molecule has 5 nitrogen and oxygen atoms in total. The second-order valence-corrected chi connectivity index (χ2v) is 9.08. The van der Waals surface area contributed by atoms with E-state index < -0.39 is 27.2 Å². The number of carbonyl (C=O) groups excluding carboxylic acids is 1. The maximum Gasteiger partial charge on any atom is 0.339 e. The number of benzene rings is 2. The lowest BCUT2D eigenvalue weighted by Gasteiger charge is -2.13. The maximum atomic E-state index is 13.4. The lowest BCUT2D eigenvalue weighted by atomic mass is 10.0. The summed E-state index contributed by atoms with van der Waals surface area (Å²) in [6.45, 7) is 3.45. The van der Waals surface area contributed by atoms with Crippen molar-refractivity contribution in [2.45, 2.75) is 24.3 Å². The summed E-state index contributed by atoms with van der Waals surface area (Å²) >= 11 is 5.78. The fraction of sp³-hybridized carbons (Fsp3) is 0.211. The standard InChI is InChI=1S/C19H16ClFO5S/c1-19(2)10-14(18(22)26-19)13-6-5-12(27(3,23)24)9-17(13)25-11-4-7-16(21)15(20)8-11/h4-10H,1-3H3. The minimum Gasteiger partial charge on any atom is -0.457 e. The Labute approximate surface area is 161 Å². The molecule has 0 unspecified atom stereocenters. The predicted octanol–water partition coefficient (Wildman–Crippen LogP) is 4.39. The Morgan fingerprint density at radius 1 is 1.15 bits per heavy atom. The number of hydrogen-bond donors (Lipinski definition) is 0. The number of halogens is 2. The van der Waals surface area contributed by atoms with Gasteiger partial charge in [-0.3, -0.25) is 0 Å². The van der Waals surface area contributed by atoms with Crippen LogP contribution in [0.2, 0.25) is 5.02 Å². The number of esters is 1. The first-order chi connectivity index (χ1) is 12.5. The molecule has 0 radical (unpaired) electrons. The molecule has 1 heterocycles. The van der Waals surface area contributed by atoms with Gasteiger partial charge in [0.25, 0.3) is 0 Å². The minimum atomic E-state index is -3.51. The number of ether oxygens (including phenoxy) is 2. The monoisotopic (exact) mass is 410 g/mol. The van der Waals surface area contributed by atoms with Gasteiger partial charge in [0, 0.05) is 24.0 Å². The summed E-state index contributed by atoms with van der Waals surface area (Å²) in [6, 6.07) is 7.91. The van der Waals surface area contributed by atoms with Crippen LogP contribution in [0.5, 0.6) is 11.5 Å². The largest absolute Gasteiger partial charge is 0.457 e. The molecule has 0 spiro atoms. The molecule has 2 aromatic rings. The average molecular weight is 411 g/mol. The first-order valence-corrected chi connectivity index (χ1v) is 10.2. The Hall–Kier alpha value is -2.38. The van der Waals surface area contributed by atoms with Crippen molar-refractivity contribution in [3.05, 3.63) is 58.9 Å². The highest BCUT2D eigenvalue weighted by molar-refractivity contribution is 7.90. The quantitative estimate of drug-likeness (QED) is 0.699. The summed E-state index contributed by atoms with van der Waals surface area (Å²) in [5.74, 6) is -0.854. The summed E-state index contributed by atoms with van der Waals surface area (Å²) in [7, 11) is -3.51. The van der Waals surface area contributed by atoms with Gasteiger partial charge in [0.15, 0.2) is 9.84 Å². The highest BCUT2D eigenvalue weighted by atomic mass is 35.5. The molecular weight excluding hydrogens is 395 g/mol. The Morgan fingerprint density at radius 3 is 2.41 bits per heavy atom. The van der Waals surface area contributed by atoms with E-state index in [-0.39, 0.29) is 27.0 Å². The Morgan fingerprint density at radius 2 is 1.85 bits per heavy atom. The van der Waals surface area contributed by atoms with Gasteiger partial charge in [0.1, 0.15) is 22.9 Å². The summed E-state index contributed by atoms with van der Waals surface area (Å²) in [5, 5.41) is -0.144. The third kappa shape index (κ3) is 4.14. The molecule has 0 saturated heterocycles. The van der Waals surface area contributed by atoms with Crippen molar-refractivity contribution in [3.8, 4) is 11.5 Å². The zero-order valence-electron chi connectivity index (χ0n) is 14.7. The van der Waals surface area contributed by atoms with Gasteiger partial charge in [-0.25, -0.2) is 17.6 Å². The molecule has 8 heteroatoms. The van der Waals surface area contributed by atoms with Crippen LogP contribution in [0.15, 0.2) is 47.4 Å². The molecular formula is C19H16ClFO5S. The summed E-state index contributed by atoms with van der Waals surface area (Å²) in [4.78, 5) is 12.3. The van der Waals surface area contributed by atoms with E-state index in [4.69, 9.17) is 21.1 Å². The van der Waals surface area contributed by atoms with Crippen molar-refractivity contribution < 1.29 is 27.1 Å². The van der Waals surface area contributed by atoms with E-state index in [0.717, 1.165) is 12.3 Å². The number of sulfone groups is 1. The van der Waals surface area contributed by atoms with Gasteiger partial charge in [-0.15, -0.1) is 0 Å². The third-order valence-corrected chi connectivity index (χ3v) is 5.26. The molecule has 142 valence electrons. The zero-order chi connectivity index (χ0) is 20.0. The van der Waals surface area contributed by atoms with Crippen LogP contribution < -0.4 is 4.74 Å². The van der Waals surface area contributed by atoms with E-state index >= 15 is 0 Å². The van der Waals surface area contributed by atoms with Gasteiger partial charge in [0.2, 0.25) is 0 Å². The van der Waals surface area contributed by atoms with E-state index in [0.29, 0.717) is 5.56 Å². The Balaban J connectivity index is 2.13. The molecule has 0 aromatic heterocycles. The fourth-order valence-electron chi connectivity index (χ4n) is 2.63. The van der Waals surface area contributed by atoms with E-state index in [1.807, 2.05) is 0 Å². The van der Waals surface area contributed by atoms with Crippen LogP contribution in [0.1, 0.15) is 19.4 Å². The SMILES string of the molecule is CC1(C)C=C(c2ccc(S(C)(=O)=O)cc2Oc2ccc(F)c(Cl)c2)C(=O)O1. The molecule has 0 atom stereocenters. The Kier molecular flexibility index (Phi) is 4.78. The average Bonchev–Trinajstić information content (AvgIpc) is 2.82. The van der Waals surface area contributed by atoms with Gasteiger partial charge in [-0.05, 0) is 44.2 Å². The van der Waals surface area contributed by atoms with Gasteiger partial charge in [0.05, 0.1) is 15.5 Å². The molecule has 1 aliphatic heterocycles. The zero-order valence-corrected chi connectivity index (χ0v) is 16.3. The van der Waals surface area contributed by atoms with E-state index in [1.165, 1.54) is 30.3 Å². The van der Waals surface area contributed by atoms with Crippen molar-refractivity contribution >= 4 is 33.0 Å². The van der Waals surface area contributed by atoms with Crippen molar-refractivity contribution in [3.63, 3.8) is 0 Å². The molecule has 2 aromatic carbocycles. The molecule has 0 N–H and O–H groups in total. The molecule has 0 fully saturated rings. The smallest absolute Gasteiger partial charge is 0.339 e. The fourth-order valence-corrected chi connectivity index (χ4v) is 3.43. The van der Waals surface area contributed by atoms with Crippen LogP contribution in [0.4, 0.5) is 4.39 Å². The minimum absolute atomic E-state index is 0.0145. The van der Waals surface area contributed by atoms with Crippen LogP contribution in [0, 0.1) is 5.82 Å². The lowest BCUT2D eigenvalue weighted by molar-refractivity contribution is -0.142. The van der Waals surface area contributed by atoms with Crippen molar-refractivity contribution in [2.24, 2.45) is 0 Å². The van der Waals surface area contributed by atoms with Gasteiger partial charge >= 0.3 is 5.97 Å². The number of cyclic esters (lactones) is 1. The normalized spacial score (nSPS) is 16.0. The topological polar surface area (TPSA) is 69.7 Å². The van der Waals surface area contributed by atoms with Gasteiger partial charge in [-0.1, -0.05) is 11.6 Å². The maximum absolute atomic E-state index is 13.4.